The molecule has 2 aliphatic rings. The molecular formula is C36H54BBrN3O4S3. The number of amides is 4. The van der Waals surface area contributed by atoms with E-state index in [1.807, 2.05) is 5.38 Å². The van der Waals surface area contributed by atoms with Gasteiger partial charge in [0.05, 0.1) is 14.9 Å². The summed E-state index contributed by atoms with van der Waals surface area (Å²) in [5.74, 6) is -0.428. The van der Waals surface area contributed by atoms with Gasteiger partial charge in [-0.15, -0.1) is 22.7 Å². The van der Waals surface area contributed by atoms with Crippen LogP contribution in [0.4, 0.5) is 0 Å². The second-order valence-corrected chi connectivity index (χ2v) is 16.0. The summed E-state index contributed by atoms with van der Waals surface area (Å²) in [7, 11) is 4.34. The molecule has 2 aromatic heterocycles. The van der Waals surface area contributed by atoms with Crippen molar-refractivity contribution in [3.05, 3.63) is 42.2 Å². The Balaban J connectivity index is 0.000000309. The van der Waals surface area contributed by atoms with E-state index in [1.54, 1.807) is 12.1 Å². The SMILES string of the molecule is CCCCCCCCCCCCN1C(=O)c2cc(Br)sc2C1=O.CCCCCCCCCCCCN1C(=O)c2ccsc2C1=O.[B]=NS. The van der Waals surface area contributed by atoms with Crippen molar-refractivity contribution in [1.29, 1.82) is 0 Å². The van der Waals surface area contributed by atoms with Crippen LogP contribution in [0.1, 0.15) is 182 Å². The molecule has 0 unspecified atom stereocenters. The van der Waals surface area contributed by atoms with Crippen molar-refractivity contribution in [2.75, 3.05) is 13.1 Å². The predicted molar refractivity (Wildman–Crippen MR) is 208 cm³/mol. The summed E-state index contributed by atoms with van der Waals surface area (Å²) in [5, 5.41) is 1.82. The number of fused-ring (bicyclic) bond motifs is 2. The molecule has 1 radical (unpaired) electrons. The zero-order valence-electron chi connectivity index (χ0n) is 29.0. The third-order valence-corrected chi connectivity index (χ3v) is 11.2. The second kappa shape index (κ2) is 25.3. The Morgan fingerprint density at radius 1 is 0.625 bits per heavy atom. The molecule has 0 aromatic carbocycles. The number of carbonyl (C=O) groups is 4. The number of rotatable bonds is 22. The van der Waals surface area contributed by atoms with E-state index in [1.165, 1.54) is 135 Å². The standard InChI is InChI=1S/C18H26BrNO2S.C18H27NO2S.BHNS/c1-2-3-4-5-6-7-8-9-10-11-12-20-17(21)14-13-15(19)23-16(14)18(20)22;1-2-3-4-5-6-7-8-9-10-11-13-19-17(20)15-12-14-22-16(15)18(19)21;1-2-3/h13H,2-12H2,1H3;12,14H,2-11,13H2,1H3;3H. The van der Waals surface area contributed by atoms with Gasteiger partial charge in [-0.2, -0.15) is 0 Å². The maximum absolute atomic E-state index is 12.2. The molecule has 0 spiro atoms. The fourth-order valence-electron chi connectivity index (χ4n) is 5.96. The zero-order chi connectivity index (χ0) is 35.1. The molecule has 0 fully saturated rings. The Morgan fingerprint density at radius 2 is 1.00 bits per heavy atom. The third kappa shape index (κ3) is 14.3. The summed E-state index contributed by atoms with van der Waals surface area (Å²) in [6.45, 7) is 5.63. The average molecular weight is 780 g/mol. The number of imide groups is 2. The van der Waals surface area contributed by atoms with Crippen molar-refractivity contribution in [1.82, 2.24) is 9.80 Å². The topological polar surface area (TPSA) is 87.1 Å². The van der Waals surface area contributed by atoms with Crippen molar-refractivity contribution in [3.8, 4) is 0 Å². The molecule has 12 heteroatoms. The second-order valence-electron chi connectivity index (χ2n) is 12.5. The van der Waals surface area contributed by atoms with Crippen LogP contribution in [0.5, 0.6) is 0 Å². The summed E-state index contributed by atoms with van der Waals surface area (Å²) < 4.78 is 3.54. The van der Waals surface area contributed by atoms with Gasteiger partial charge < -0.3 is 0 Å². The summed E-state index contributed by atoms with van der Waals surface area (Å²) >= 11 is 9.26. The van der Waals surface area contributed by atoms with Crippen LogP contribution in [0.2, 0.25) is 0 Å². The number of hydrogen-bond donors (Lipinski definition) is 1. The first-order valence-electron chi connectivity index (χ1n) is 18.0. The van der Waals surface area contributed by atoms with Gasteiger partial charge in [-0.3, -0.25) is 29.0 Å². The summed E-state index contributed by atoms with van der Waals surface area (Å²) in [6.07, 6.45) is 25.2. The van der Waals surface area contributed by atoms with E-state index >= 15 is 0 Å². The van der Waals surface area contributed by atoms with Crippen molar-refractivity contribution in [3.63, 3.8) is 0 Å². The maximum atomic E-state index is 12.2. The van der Waals surface area contributed by atoms with E-state index in [4.69, 9.17) is 0 Å². The first-order valence-corrected chi connectivity index (χ1v) is 20.8. The number of thiophene rings is 2. The number of thiol groups is 1. The number of unbranched alkanes of at least 4 members (excludes halogenated alkanes) is 18. The molecule has 4 heterocycles. The Morgan fingerprint density at radius 3 is 1.40 bits per heavy atom. The van der Waals surface area contributed by atoms with Gasteiger partial charge in [0.1, 0.15) is 9.75 Å². The van der Waals surface area contributed by atoms with Gasteiger partial charge in [-0.05, 0) is 46.3 Å². The monoisotopic (exact) mass is 778 g/mol. The third-order valence-electron chi connectivity index (χ3n) is 8.67. The van der Waals surface area contributed by atoms with Crippen molar-refractivity contribution < 1.29 is 19.2 Å². The molecule has 0 saturated heterocycles. The Kier molecular flexibility index (Phi) is 22.5. The molecular weight excluding hydrogens is 725 g/mol. The molecule has 7 nitrogen and oxygen atoms in total. The van der Waals surface area contributed by atoms with E-state index in [-0.39, 0.29) is 23.6 Å². The Labute approximate surface area is 311 Å². The summed E-state index contributed by atoms with van der Waals surface area (Å²) in [6, 6.07) is 3.53. The number of carbonyl (C=O) groups excluding carboxylic acids is 4. The predicted octanol–water partition coefficient (Wildman–Crippen LogP) is 11.5. The quantitative estimate of drug-likeness (QED) is 0.0558. The molecule has 265 valence electrons. The minimum absolute atomic E-state index is 0.0917. The number of hydrogen-bond acceptors (Lipinski definition) is 8. The number of halogens is 1. The Hall–Kier alpha value is -1.63. The van der Waals surface area contributed by atoms with Crippen LogP contribution in [0.25, 0.3) is 0 Å². The van der Waals surface area contributed by atoms with Crippen LogP contribution >= 0.6 is 51.4 Å². The van der Waals surface area contributed by atoms with Crippen LogP contribution < -0.4 is 0 Å². The van der Waals surface area contributed by atoms with Crippen molar-refractivity contribution >= 4 is 82.7 Å². The fourth-order valence-corrected chi connectivity index (χ4v) is 8.34. The molecule has 2 aliphatic heterocycles. The van der Waals surface area contributed by atoms with E-state index < -0.39 is 0 Å². The van der Waals surface area contributed by atoms with E-state index in [9.17, 15) is 19.2 Å². The molecule has 0 saturated carbocycles. The van der Waals surface area contributed by atoms with E-state index in [2.05, 4.69) is 54.5 Å². The first-order chi connectivity index (χ1) is 23.3. The molecule has 4 rings (SSSR count). The van der Waals surface area contributed by atoms with Crippen LogP contribution in [-0.4, -0.2) is 54.2 Å². The van der Waals surface area contributed by atoms with E-state index in [0.29, 0.717) is 34.0 Å². The van der Waals surface area contributed by atoms with Gasteiger partial charge >= 0.3 is 24.8 Å². The Bertz CT molecular complexity index is 1220. The van der Waals surface area contributed by atoms with Crippen molar-refractivity contribution in [2.45, 2.75) is 142 Å². The fraction of sp³-hybridized carbons (Fsp3) is 0.667. The van der Waals surface area contributed by atoms with Crippen LogP contribution in [0.3, 0.4) is 0 Å². The molecule has 48 heavy (non-hydrogen) atoms. The van der Waals surface area contributed by atoms with Gasteiger partial charge in [0.25, 0.3) is 23.6 Å². The molecule has 0 N–H and O–H groups in total. The number of nitrogens with zero attached hydrogens (tertiary/aromatic N) is 3. The van der Waals surface area contributed by atoms with Crippen LogP contribution in [-0.2, 0) is 0 Å². The minimum atomic E-state index is -0.122. The normalized spacial score (nSPS) is 13.3. The molecule has 0 aliphatic carbocycles. The summed E-state index contributed by atoms with van der Waals surface area (Å²) in [5.41, 5.74) is 1.17. The average Bonchev–Trinajstić information content (AvgIpc) is 3.82. The van der Waals surface area contributed by atoms with Crippen LogP contribution in [0.15, 0.2) is 25.6 Å². The van der Waals surface area contributed by atoms with E-state index in [0.717, 1.165) is 29.5 Å². The first kappa shape index (κ1) is 42.5. The van der Waals surface area contributed by atoms with Gasteiger partial charge in [0.2, 0.25) is 0 Å². The summed E-state index contributed by atoms with van der Waals surface area (Å²) in [4.78, 5) is 52.6. The van der Waals surface area contributed by atoms with Gasteiger partial charge in [0.15, 0.2) is 0 Å². The van der Waals surface area contributed by atoms with Gasteiger partial charge in [-0.1, -0.05) is 129 Å². The zero-order valence-corrected chi connectivity index (χ0v) is 33.1. The molecule has 4 amide bonds. The molecule has 2 aromatic rings. The van der Waals surface area contributed by atoms with Gasteiger partial charge in [0, 0.05) is 13.1 Å². The van der Waals surface area contributed by atoms with Crippen LogP contribution in [0, 0.1) is 0 Å². The van der Waals surface area contributed by atoms with Gasteiger partial charge in [-0.25, -0.2) is 0 Å². The van der Waals surface area contributed by atoms with Crippen molar-refractivity contribution in [2.24, 2.45) is 4.30 Å². The molecule has 0 atom stereocenters. The molecule has 0 bridgehead atoms.